The highest BCUT2D eigenvalue weighted by Gasteiger charge is 2.17. The molecule has 1 aliphatic rings. The smallest absolute Gasteiger partial charge is 0.272 e. The molecule has 2 aromatic rings. The Balaban J connectivity index is 1.65. The first-order chi connectivity index (χ1) is 12.5. The van der Waals surface area contributed by atoms with Crippen LogP contribution in [0.1, 0.15) is 27.0 Å². The van der Waals surface area contributed by atoms with Crippen LogP contribution in [-0.2, 0) is 17.8 Å². The first kappa shape index (κ1) is 17.8. The van der Waals surface area contributed by atoms with Gasteiger partial charge in [-0.15, -0.1) is 0 Å². The van der Waals surface area contributed by atoms with E-state index in [1.54, 1.807) is 6.92 Å². The lowest BCUT2D eigenvalue weighted by molar-refractivity contribution is -0.385. The molecular formula is C18H17FN2O5. The second-order valence-electron chi connectivity index (χ2n) is 5.93. The third kappa shape index (κ3) is 3.80. The molecule has 0 fully saturated rings. The Morgan fingerprint density at radius 3 is 2.88 bits per heavy atom. The number of nitro benzene ring substituents is 1. The number of hydrogen-bond donors (Lipinski definition) is 1. The summed E-state index contributed by atoms with van der Waals surface area (Å²) in [6.45, 7) is 2.25. The van der Waals surface area contributed by atoms with Crippen LogP contribution in [-0.4, -0.2) is 24.2 Å². The lowest BCUT2D eigenvalue weighted by atomic mass is 10.0. The van der Waals surface area contributed by atoms with Crippen molar-refractivity contribution in [2.24, 2.45) is 0 Å². The molecular weight excluding hydrogens is 343 g/mol. The maximum atomic E-state index is 13.7. The van der Waals surface area contributed by atoms with Crippen LogP contribution < -0.4 is 10.1 Å². The predicted octanol–water partition coefficient (Wildman–Crippen LogP) is 2.88. The van der Waals surface area contributed by atoms with E-state index in [1.165, 1.54) is 30.3 Å². The monoisotopic (exact) mass is 360 g/mol. The largest absolute Gasteiger partial charge is 0.467 e. The molecule has 8 heteroatoms. The first-order valence-corrected chi connectivity index (χ1v) is 8.01. The van der Waals surface area contributed by atoms with Crippen molar-refractivity contribution in [3.63, 3.8) is 0 Å². The van der Waals surface area contributed by atoms with Crippen LogP contribution in [0, 0.1) is 22.9 Å². The number of nitrogens with one attached hydrogen (secondary N) is 1. The molecule has 3 rings (SSSR count). The second-order valence-corrected chi connectivity index (χ2v) is 5.93. The summed E-state index contributed by atoms with van der Waals surface area (Å²) in [7, 11) is 0. The number of nitrogens with zero attached hydrogens (tertiary/aromatic N) is 1. The lowest BCUT2D eigenvalue weighted by Crippen LogP contribution is -2.26. The molecule has 0 radical (unpaired) electrons. The minimum Gasteiger partial charge on any atom is -0.467 e. The van der Waals surface area contributed by atoms with E-state index in [1.807, 2.05) is 0 Å². The van der Waals surface area contributed by atoms with Gasteiger partial charge in [0.15, 0.2) is 6.79 Å². The lowest BCUT2D eigenvalue weighted by Gasteiger charge is -2.21. The van der Waals surface area contributed by atoms with Crippen molar-refractivity contribution in [1.82, 2.24) is 5.32 Å². The van der Waals surface area contributed by atoms with Crippen LogP contribution in [0.25, 0.3) is 0 Å². The van der Waals surface area contributed by atoms with Gasteiger partial charge in [-0.25, -0.2) is 4.39 Å². The number of halogens is 1. The van der Waals surface area contributed by atoms with Crippen LogP contribution in [0.2, 0.25) is 0 Å². The molecule has 0 spiro atoms. The highest BCUT2D eigenvalue weighted by Crippen LogP contribution is 2.29. The van der Waals surface area contributed by atoms with E-state index < -0.39 is 4.92 Å². The fraction of sp³-hybridized carbons (Fsp3) is 0.278. The van der Waals surface area contributed by atoms with Crippen LogP contribution >= 0.6 is 0 Å². The van der Waals surface area contributed by atoms with Crippen LogP contribution in [0.4, 0.5) is 10.1 Å². The number of benzene rings is 2. The summed E-state index contributed by atoms with van der Waals surface area (Å²) < 4.78 is 24.3. The second kappa shape index (κ2) is 7.49. The quantitative estimate of drug-likeness (QED) is 0.654. The number of amides is 1. The van der Waals surface area contributed by atoms with E-state index >= 15 is 0 Å². The molecule has 136 valence electrons. The molecule has 0 saturated heterocycles. The van der Waals surface area contributed by atoms with Gasteiger partial charge in [0, 0.05) is 29.3 Å². The molecule has 0 aliphatic carbocycles. The van der Waals surface area contributed by atoms with Gasteiger partial charge in [-0.1, -0.05) is 0 Å². The van der Waals surface area contributed by atoms with Crippen LogP contribution in [0.3, 0.4) is 0 Å². The van der Waals surface area contributed by atoms with Crippen molar-refractivity contribution < 1.29 is 23.6 Å². The summed E-state index contributed by atoms with van der Waals surface area (Å²) in [5.74, 6) is -0.138. The van der Waals surface area contributed by atoms with Crippen molar-refractivity contribution in [1.29, 1.82) is 0 Å². The summed E-state index contributed by atoms with van der Waals surface area (Å²) in [5, 5.41) is 13.6. The number of carbonyl (C=O) groups excluding carboxylic acids is 1. The summed E-state index contributed by atoms with van der Waals surface area (Å²) in [5.41, 5.74) is 2.01. The van der Waals surface area contributed by atoms with Crippen LogP contribution in [0.15, 0.2) is 30.3 Å². The summed E-state index contributed by atoms with van der Waals surface area (Å²) in [6.07, 6.45) is 0.387. The zero-order valence-electron chi connectivity index (χ0n) is 14.1. The minimum atomic E-state index is -0.492. The van der Waals surface area contributed by atoms with Gasteiger partial charge >= 0.3 is 0 Å². The Morgan fingerprint density at radius 2 is 2.15 bits per heavy atom. The maximum absolute atomic E-state index is 13.7. The molecule has 0 aromatic heterocycles. The molecule has 0 bridgehead atoms. The molecule has 0 atom stereocenters. The Morgan fingerprint density at radius 1 is 1.35 bits per heavy atom. The van der Waals surface area contributed by atoms with Gasteiger partial charge < -0.3 is 14.8 Å². The third-order valence-electron chi connectivity index (χ3n) is 4.09. The average Bonchev–Trinajstić information content (AvgIpc) is 2.61. The van der Waals surface area contributed by atoms with Crippen molar-refractivity contribution in [3.8, 4) is 5.75 Å². The fourth-order valence-electron chi connectivity index (χ4n) is 2.86. The Bertz CT molecular complexity index is 869. The van der Waals surface area contributed by atoms with Crippen molar-refractivity contribution in [2.45, 2.75) is 20.0 Å². The topological polar surface area (TPSA) is 90.7 Å². The SMILES string of the molecule is Cc1cc(C(=O)NCCc2cc(F)cc3c2OCOC3)ccc1[N+](=O)[O-]. The Hall–Kier alpha value is -3.00. The number of aryl methyl sites for hydroxylation is 1. The van der Waals surface area contributed by atoms with Crippen molar-refractivity contribution in [3.05, 3.63) is 68.5 Å². The van der Waals surface area contributed by atoms with Crippen molar-refractivity contribution in [2.75, 3.05) is 13.3 Å². The number of nitro groups is 1. The third-order valence-corrected chi connectivity index (χ3v) is 4.09. The van der Waals surface area contributed by atoms with E-state index in [2.05, 4.69) is 5.32 Å². The number of hydrogen-bond acceptors (Lipinski definition) is 5. The molecule has 1 heterocycles. The van der Waals surface area contributed by atoms with Gasteiger partial charge in [0.25, 0.3) is 11.6 Å². The number of carbonyl (C=O) groups is 1. The van der Waals surface area contributed by atoms with Gasteiger partial charge in [-0.3, -0.25) is 14.9 Å². The average molecular weight is 360 g/mol. The molecule has 1 N–H and O–H groups in total. The number of rotatable bonds is 5. The molecule has 0 unspecified atom stereocenters. The molecule has 1 aliphatic heterocycles. The highest BCUT2D eigenvalue weighted by atomic mass is 19.1. The zero-order chi connectivity index (χ0) is 18.7. The number of ether oxygens (including phenoxy) is 2. The van der Waals surface area contributed by atoms with Crippen molar-refractivity contribution >= 4 is 11.6 Å². The maximum Gasteiger partial charge on any atom is 0.272 e. The molecule has 7 nitrogen and oxygen atoms in total. The van der Waals surface area contributed by atoms with Crippen LogP contribution in [0.5, 0.6) is 5.75 Å². The van der Waals surface area contributed by atoms with Gasteiger partial charge in [0.2, 0.25) is 0 Å². The highest BCUT2D eigenvalue weighted by molar-refractivity contribution is 5.94. The standard InChI is InChI=1S/C18H17FN2O5/c1-11-6-13(2-3-16(11)21(23)24)18(22)20-5-4-12-7-15(19)8-14-9-25-10-26-17(12)14/h2-3,6-8H,4-5,9-10H2,1H3,(H,20,22). The van der Waals surface area contributed by atoms with Gasteiger partial charge in [-0.2, -0.15) is 0 Å². The first-order valence-electron chi connectivity index (χ1n) is 8.01. The molecule has 1 amide bonds. The summed E-state index contributed by atoms with van der Waals surface area (Å²) in [6, 6.07) is 6.94. The van der Waals surface area contributed by atoms with Gasteiger partial charge in [0.05, 0.1) is 11.5 Å². The normalized spacial score (nSPS) is 12.8. The molecule has 2 aromatic carbocycles. The van der Waals surface area contributed by atoms with Gasteiger partial charge in [0.1, 0.15) is 11.6 Å². The van der Waals surface area contributed by atoms with E-state index in [-0.39, 0.29) is 37.4 Å². The Kier molecular flexibility index (Phi) is 5.13. The van der Waals surface area contributed by atoms with E-state index in [0.29, 0.717) is 34.4 Å². The van der Waals surface area contributed by atoms with E-state index in [9.17, 15) is 19.3 Å². The Labute approximate surface area is 148 Å². The predicted molar refractivity (Wildman–Crippen MR) is 90.6 cm³/mol. The molecule has 0 saturated carbocycles. The van der Waals surface area contributed by atoms with E-state index in [0.717, 1.165) is 0 Å². The summed E-state index contributed by atoms with van der Waals surface area (Å²) >= 11 is 0. The van der Waals surface area contributed by atoms with Gasteiger partial charge in [-0.05, 0) is 43.2 Å². The van der Waals surface area contributed by atoms with E-state index in [4.69, 9.17) is 9.47 Å². The molecule has 26 heavy (non-hydrogen) atoms. The minimum absolute atomic E-state index is 0.0349. The number of fused-ring (bicyclic) bond motifs is 1. The zero-order valence-corrected chi connectivity index (χ0v) is 14.1. The fourth-order valence-corrected chi connectivity index (χ4v) is 2.86. The summed E-state index contributed by atoms with van der Waals surface area (Å²) in [4.78, 5) is 22.6.